The highest BCUT2D eigenvalue weighted by Crippen LogP contribution is 2.43. The van der Waals surface area contributed by atoms with Crippen LogP contribution in [0.5, 0.6) is 5.75 Å². The first kappa shape index (κ1) is 21.2. The van der Waals surface area contributed by atoms with Gasteiger partial charge in [0.1, 0.15) is 16.8 Å². The number of nitrogens with zero attached hydrogens (tertiary/aromatic N) is 3. The summed E-state index contributed by atoms with van der Waals surface area (Å²) in [6, 6.07) is 7.38. The summed E-state index contributed by atoms with van der Waals surface area (Å²) < 4.78 is 15.1. The standard InChI is InChI=1S/C24H29N3O4/c1-7-30-23(29)16-12-26-17(11-18(16)28)22-15-9-8-10-19(31-14(2)3)21(15)25-27(22)13-20(26)24(4,5)6/h8-12,14,20H,7,13H2,1-6H3. The molecule has 1 aromatic carbocycles. The lowest BCUT2D eigenvalue weighted by Gasteiger charge is -2.38. The van der Waals surface area contributed by atoms with Crippen LogP contribution in [-0.4, -0.2) is 33.0 Å². The molecule has 0 radical (unpaired) electrons. The first-order valence-corrected chi connectivity index (χ1v) is 10.7. The van der Waals surface area contributed by atoms with Crippen LogP contribution in [0.2, 0.25) is 0 Å². The van der Waals surface area contributed by atoms with Crippen molar-refractivity contribution in [3.63, 3.8) is 0 Å². The Kier molecular flexibility index (Phi) is 5.15. The maximum absolute atomic E-state index is 12.9. The summed E-state index contributed by atoms with van der Waals surface area (Å²) in [6.45, 7) is 13.0. The zero-order valence-corrected chi connectivity index (χ0v) is 18.9. The van der Waals surface area contributed by atoms with E-state index in [1.807, 2.05) is 41.3 Å². The summed E-state index contributed by atoms with van der Waals surface area (Å²) in [6.07, 6.45) is 1.68. The van der Waals surface area contributed by atoms with Crippen LogP contribution in [0, 0.1) is 5.41 Å². The fraction of sp³-hybridized carbons (Fsp3) is 0.458. The lowest BCUT2D eigenvalue weighted by atomic mass is 9.85. The quantitative estimate of drug-likeness (QED) is 0.580. The highest BCUT2D eigenvalue weighted by Gasteiger charge is 2.35. The first-order valence-electron chi connectivity index (χ1n) is 10.7. The lowest BCUT2D eigenvalue weighted by Crippen LogP contribution is -2.35. The summed E-state index contributed by atoms with van der Waals surface area (Å²) in [4.78, 5) is 25.3. The van der Waals surface area contributed by atoms with Gasteiger partial charge in [0.05, 0.1) is 36.7 Å². The van der Waals surface area contributed by atoms with E-state index in [1.165, 1.54) is 6.07 Å². The molecule has 0 N–H and O–H groups in total. The summed E-state index contributed by atoms with van der Waals surface area (Å²) in [5.41, 5.74) is 1.94. The first-order chi connectivity index (χ1) is 14.6. The summed E-state index contributed by atoms with van der Waals surface area (Å²) in [7, 11) is 0. The molecule has 3 aromatic rings. The number of carbonyl (C=O) groups excluding carboxylic acids is 1. The van der Waals surface area contributed by atoms with Gasteiger partial charge in [-0.2, -0.15) is 5.10 Å². The smallest absolute Gasteiger partial charge is 0.343 e. The molecule has 0 amide bonds. The summed E-state index contributed by atoms with van der Waals surface area (Å²) >= 11 is 0. The van der Waals surface area contributed by atoms with Crippen molar-refractivity contribution in [2.45, 2.75) is 60.2 Å². The molecule has 7 nitrogen and oxygen atoms in total. The topological polar surface area (TPSA) is 75.3 Å². The van der Waals surface area contributed by atoms with Crippen molar-refractivity contribution in [1.82, 2.24) is 14.3 Å². The van der Waals surface area contributed by atoms with Crippen LogP contribution in [0.25, 0.3) is 22.3 Å². The minimum absolute atomic E-state index is 0.00689. The van der Waals surface area contributed by atoms with E-state index in [1.54, 1.807) is 13.1 Å². The van der Waals surface area contributed by atoms with Gasteiger partial charge in [0, 0.05) is 17.6 Å². The molecule has 0 aliphatic carbocycles. The average Bonchev–Trinajstić information content (AvgIpc) is 3.06. The van der Waals surface area contributed by atoms with Gasteiger partial charge in [0.15, 0.2) is 5.43 Å². The fourth-order valence-corrected chi connectivity index (χ4v) is 4.18. The Morgan fingerprint density at radius 1 is 1.29 bits per heavy atom. The van der Waals surface area contributed by atoms with E-state index >= 15 is 0 Å². The minimum Gasteiger partial charge on any atom is -0.489 e. The third-order valence-electron chi connectivity index (χ3n) is 5.59. The van der Waals surface area contributed by atoms with Crippen molar-refractivity contribution < 1.29 is 14.3 Å². The number of esters is 1. The third kappa shape index (κ3) is 3.62. The molecule has 1 aliphatic rings. The zero-order valence-electron chi connectivity index (χ0n) is 18.9. The van der Waals surface area contributed by atoms with Gasteiger partial charge in [-0.3, -0.25) is 9.48 Å². The predicted octanol–water partition coefficient (Wildman–Crippen LogP) is 4.43. The van der Waals surface area contributed by atoms with Crippen molar-refractivity contribution in [2.24, 2.45) is 5.41 Å². The number of carbonyl (C=O) groups is 1. The van der Waals surface area contributed by atoms with Crippen LogP contribution in [-0.2, 0) is 11.3 Å². The molecule has 0 saturated heterocycles. The van der Waals surface area contributed by atoms with Gasteiger partial charge >= 0.3 is 5.97 Å². The van der Waals surface area contributed by atoms with Gasteiger partial charge in [-0.25, -0.2) is 4.79 Å². The van der Waals surface area contributed by atoms with Gasteiger partial charge in [-0.15, -0.1) is 0 Å². The second kappa shape index (κ2) is 7.55. The Bertz CT molecular complexity index is 1210. The molecule has 0 saturated carbocycles. The third-order valence-corrected chi connectivity index (χ3v) is 5.59. The SMILES string of the molecule is CCOC(=O)c1cn2c(cc1=O)-c1c3cccc(OC(C)C)c3nn1CC2C(C)(C)C. The largest absolute Gasteiger partial charge is 0.489 e. The predicted molar refractivity (Wildman–Crippen MR) is 120 cm³/mol. The van der Waals surface area contributed by atoms with E-state index in [-0.39, 0.29) is 35.2 Å². The number of hydrogen-bond donors (Lipinski definition) is 0. The second-order valence-electron chi connectivity index (χ2n) is 9.30. The van der Waals surface area contributed by atoms with Gasteiger partial charge in [0.2, 0.25) is 0 Å². The Balaban J connectivity index is 1.99. The Hall–Kier alpha value is -3.09. The van der Waals surface area contributed by atoms with Gasteiger partial charge < -0.3 is 14.0 Å². The van der Waals surface area contributed by atoms with Crippen LogP contribution in [0.4, 0.5) is 0 Å². The molecule has 2 aromatic heterocycles. The number of ether oxygens (including phenoxy) is 2. The molecular weight excluding hydrogens is 394 g/mol. The van der Waals surface area contributed by atoms with Crippen molar-refractivity contribution in [3.05, 3.63) is 46.2 Å². The van der Waals surface area contributed by atoms with Crippen LogP contribution in [0.1, 0.15) is 57.9 Å². The molecule has 31 heavy (non-hydrogen) atoms. The zero-order chi connectivity index (χ0) is 22.5. The van der Waals surface area contributed by atoms with E-state index < -0.39 is 5.97 Å². The van der Waals surface area contributed by atoms with E-state index in [0.717, 1.165) is 28.0 Å². The van der Waals surface area contributed by atoms with Crippen LogP contribution < -0.4 is 10.2 Å². The molecule has 1 atom stereocenters. The molecule has 0 fully saturated rings. The number of benzene rings is 1. The lowest BCUT2D eigenvalue weighted by molar-refractivity contribution is 0.0522. The number of rotatable bonds is 4. The van der Waals surface area contributed by atoms with Crippen molar-refractivity contribution >= 4 is 16.9 Å². The normalized spacial score (nSPS) is 15.6. The summed E-state index contributed by atoms with van der Waals surface area (Å²) in [5.74, 6) is 0.130. The number of fused-ring (bicyclic) bond motifs is 5. The van der Waals surface area contributed by atoms with E-state index in [9.17, 15) is 9.59 Å². The Labute approximate surface area is 181 Å². The number of hydrogen-bond acceptors (Lipinski definition) is 5. The number of pyridine rings is 1. The van der Waals surface area contributed by atoms with Crippen molar-refractivity contribution in [2.75, 3.05) is 6.61 Å². The van der Waals surface area contributed by atoms with Gasteiger partial charge in [-0.05, 0) is 32.3 Å². The molecule has 4 rings (SSSR count). The molecule has 7 heteroatoms. The highest BCUT2D eigenvalue weighted by molar-refractivity contribution is 5.97. The molecule has 0 spiro atoms. The summed E-state index contributed by atoms with van der Waals surface area (Å²) in [5, 5.41) is 5.79. The molecule has 1 unspecified atom stereocenters. The molecular formula is C24H29N3O4. The van der Waals surface area contributed by atoms with Crippen molar-refractivity contribution in [1.29, 1.82) is 0 Å². The second-order valence-corrected chi connectivity index (χ2v) is 9.30. The van der Waals surface area contributed by atoms with Crippen molar-refractivity contribution in [3.8, 4) is 17.1 Å². The monoisotopic (exact) mass is 423 g/mol. The van der Waals surface area contributed by atoms with Crippen LogP contribution >= 0.6 is 0 Å². The van der Waals surface area contributed by atoms with Gasteiger partial charge in [0.25, 0.3) is 0 Å². The van der Waals surface area contributed by atoms with Crippen LogP contribution in [0.3, 0.4) is 0 Å². The number of aromatic nitrogens is 3. The fourth-order valence-electron chi connectivity index (χ4n) is 4.18. The molecule has 0 bridgehead atoms. The molecule has 1 aliphatic heterocycles. The Morgan fingerprint density at radius 2 is 2.03 bits per heavy atom. The molecule has 164 valence electrons. The maximum atomic E-state index is 12.9. The van der Waals surface area contributed by atoms with E-state index in [0.29, 0.717) is 6.54 Å². The average molecular weight is 424 g/mol. The van der Waals surface area contributed by atoms with E-state index in [2.05, 4.69) is 20.8 Å². The van der Waals surface area contributed by atoms with Crippen LogP contribution in [0.15, 0.2) is 35.3 Å². The highest BCUT2D eigenvalue weighted by atomic mass is 16.5. The van der Waals surface area contributed by atoms with E-state index in [4.69, 9.17) is 14.6 Å². The minimum atomic E-state index is -0.591. The maximum Gasteiger partial charge on any atom is 0.343 e. The molecule has 3 heterocycles. The van der Waals surface area contributed by atoms with Gasteiger partial charge in [-0.1, -0.05) is 32.9 Å². The Morgan fingerprint density at radius 3 is 2.68 bits per heavy atom.